The van der Waals surface area contributed by atoms with Gasteiger partial charge in [-0.3, -0.25) is 0 Å². The largest absolute Gasteiger partial charge is 0.382 e. The molecule has 0 saturated heterocycles. The van der Waals surface area contributed by atoms with Crippen molar-refractivity contribution in [3.63, 3.8) is 0 Å². The van der Waals surface area contributed by atoms with Crippen LogP contribution in [0.25, 0.3) is 0 Å². The number of hydrogen-bond donors (Lipinski definition) is 2. The van der Waals surface area contributed by atoms with Gasteiger partial charge in [0.1, 0.15) is 0 Å². The van der Waals surface area contributed by atoms with E-state index >= 15 is 0 Å². The summed E-state index contributed by atoms with van der Waals surface area (Å²) in [5, 5.41) is 3.46. The van der Waals surface area contributed by atoms with Crippen LogP contribution in [-0.2, 0) is 6.54 Å². The molecular formula is C12H20N2. The van der Waals surface area contributed by atoms with Gasteiger partial charge in [0.2, 0.25) is 0 Å². The van der Waals surface area contributed by atoms with Crippen molar-refractivity contribution in [3.8, 4) is 0 Å². The first-order valence-electron chi connectivity index (χ1n) is 5.19. The SMILES string of the molecule is CC(C)C(C)Nc1cccc(CN)c1. The molecule has 0 aliphatic carbocycles. The maximum absolute atomic E-state index is 5.58. The molecule has 1 aromatic rings. The second-order valence-corrected chi connectivity index (χ2v) is 4.08. The van der Waals surface area contributed by atoms with Crippen molar-refractivity contribution in [1.29, 1.82) is 0 Å². The Morgan fingerprint density at radius 3 is 2.57 bits per heavy atom. The lowest BCUT2D eigenvalue weighted by molar-refractivity contribution is 0.560. The van der Waals surface area contributed by atoms with Crippen molar-refractivity contribution in [1.82, 2.24) is 0 Å². The van der Waals surface area contributed by atoms with E-state index in [9.17, 15) is 0 Å². The zero-order valence-electron chi connectivity index (χ0n) is 9.25. The summed E-state index contributed by atoms with van der Waals surface area (Å²) >= 11 is 0. The molecule has 1 rings (SSSR count). The molecule has 0 aromatic heterocycles. The van der Waals surface area contributed by atoms with Gasteiger partial charge in [-0.1, -0.05) is 26.0 Å². The third-order valence-corrected chi connectivity index (χ3v) is 2.56. The number of anilines is 1. The number of nitrogens with two attached hydrogens (primary N) is 1. The molecule has 14 heavy (non-hydrogen) atoms. The predicted octanol–water partition coefficient (Wildman–Crippen LogP) is 2.60. The number of rotatable bonds is 4. The smallest absolute Gasteiger partial charge is 0.0345 e. The van der Waals surface area contributed by atoms with Crippen molar-refractivity contribution in [2.24, 2.45) is 11.7 Å². The summed E-state index contributed by atoms with van der Waals surface area (Å²) < 4.78 is 0. The molecule has 78 valence electrons. The Labute approximate surface area is 86.5 Å². The van der Waals surface area contributed by atoms with Crippen molar-refractivity contribution in [3.05, 3.63) is 29.8 Å². The van der Waals surface area contributed by atoms with Gasteiger partial charge in [-0.2, -0.15) is 0 Å². The van der Waals surface area contributed by atoms with E-state index in [1.807, 2.05) is 12.1 Å². The summed E-state index contributed by atoms with van der Waals surface area (Å²) in [5.74, 6) is 0.636. The molecule has 0 amide bonds. The first kappa shape index (κ1) is 11.1. The summed E-state index contributed by atoms with van der Waals surface area (Å²) in [6.45, 7) is 7.22. The molecule has 1 unspecified atom stereocenters. The average molecular weight is 192 g/mol. The minimum Gasteiger partial charge on any atom is -0.382 e. The van der Waals surface area contributed by atoms with Crippen molar-refractivity contribution in [2.75, 3.05) is 5.32 Å². The van der Waals surface area contributed by atoms with Crippen LogP contribution in [0.4, 0.5) is 5.69 Å². The van der Waals surface area contributed by atoms with Gasteiger partial charge in [-0.05, 0) is 30.5 Å². The van der Waals surface area contributed by atoms with E-state index in [1.54, 1.807) is 0 Å². The Balaban J connectivity index is 2.66. The third kappa shape index (κ3) is 3.04. The highest BCUT2D eigenvalue weighted by molar-refractivity contribution is 5.46. The van der Waals surface area contributed by atoms with Gasteiger partial charge in [0, 0.05) is 18.3 Å². The summed E-state index contributed by atoms with van der Waals surface area (Å²) in [4.78, 5) is 0. The fourth-order valence-corrected chi connectivity index (χ4v) is 1.22. The minimum absolute atomic E-state index is 0.489. The summed E-state index contributed by atoms with van der Waals surface area (Å²) in [6, 6.07) is 8.77. The lowest BCUT2D eigenvalue weighted by Gasteiger charge is -2.19. The molecule has 3 N–H and O–H groups in total. The normalized spacial score (nSPS) is 12.9. The second-order valence-electron chi connectivity index (χ2n) is 4.08. The first-order valence-corrected chi connectivity index (χ1v) is 5.19. The van der Waals surface area contributed by atoms with Crippen LogP contribution in [0, 0.1) is 5.92 Å². The van der Waals surface area contributed by atoms with Crippen LogP contribution < -0.4 is 11.1 Å². The van der Waals surface area contributed by atoms with Gasteiger partial charge in [0.25, 0.3) is 0 Å². The Kier molecular flexibility index (Phi) is 3.96. The maximum atomic E-state index is 5.58. The maximum Gasteiger partial charge on any atom is 0.0345 e. The molecule has 1 atom stereocenters. The Morgan fingerprint density at radius 2 is 2.00 bits per heavy atom. The lowest BCUT2D eigenvalue weighted by Crippen LogP contribution is -2.21. The van der Waals surface area contributed by atoms with E-state index in [4.69, 9.17) is 5.73 Å². The quantitative estimate of drug-likeness (QED) is 0.769. The Hall–Kier alpha value is -1.02. The van der Waals surface area contributed by atoms with Gasteiger partial charge < -0.3 is 11.1 Å². The zero-order valence-corrected chi connectivity index (χ0v) is 9.25. The van der Waals surface area contributed by atoms with Crippen LogP contribution in [0.3, 0.4) is 0 Å². The van der Waals surface area contributed by atoms with Gasteiger partial charge in [-0.25, -0.2) is 0 Å². The van der Waals surface area contributed by atoms with E-state index in [2.05, 4.69) is 38.2 Å². The van der Waals surface area contributed by atoms with E-state index in [0.717, 1.165) is 5.69 Å². The van der Waals surface area contributed by atoms with Crippen LogP contribution in [0.5, 0.6) is 0 Å². The molecule has 2 heteroatoms. The highest BCUT2D eigenvalue weighted by Crippen LogP contribution is 2.14. The topological polar surface area (TPSA) is 38.0 Å². The highest BCUT2D eigenvalue weighted by Gasteiger charge is 2.05. The van der Waals surface area contributed by atoms with Gasteiger partial charge >= 0.3 is 0 Å². The second kappa shape index (κ2) is 5.01. The van der Waals surface area contributed by atoms with Gasteiger partial charge in [-0.15, -0.1) is 0 Å². The van der Waals surface area contributed by atoms with Crippen LogP contribution in [0.15, 0.2) is 24.3 Å². The molecule has 0 radical (unpaired) electrons. The van der Waals surface area contributed by atoms with Gasteiger partial charge in [0.15, 0.2) is 0 Å². The van der Waals surface area contributed by atoms with Crippen molar-refractivity contribution < 1.29 is 0 Å². The lowest BCUT2D eigenvalue weighted by atomic mass is 10.1. The summed E-state index contributed by atoms with van der Waals surface area (Å²) in [6.07, 6.45) is 0. The number of hydrogen-bond acceptors (Lipinski definition) is 2. The van der Waals surface area contributed by atoms with E-state index in [0.29, 0.717) is 18.5 Å². The highest BCUT2D eigenvalue weighted by atomic mass is 14.9. The Morgan fingerprint density at radius 1 is 1.29 bits per heavy atom. The molecule has 0 saturated carbocycles. The monoisotopic (exact) mass is 192 g/mol. The number of nitrogens with one attached hydrogen (secondary N) is 1. The molecule has 2 nitrogen and oxygen atoms in total. The summed E-state index contributed by atoms with van der Waals surface area (Å²) in [7, 11) is 0. The van der Waals surface area contributed by atoms with Crippen molar-refractivity contribution in [2.45, 2.75) is 33.4 Å². The number of benzene rings is 1. The van der Waals surface area contributed by atoms with E-state index < -0.39 is 0 Å². The first-order chi connectivity index (χ1) is 6.63. The van der Waals surface area contributed by atoms with Crippen molar-refractivity contribution >= 4 is 5.69 Å². The molecule has 0 heterocycles. The summed E-state index contributed by atoms with van der Waals surface area (Å²) in [5.41, 5.74) is 7.91. The van der Waals surface area contributed by atoms with Crippen LogP contribution >= 0.6 is 0 Å². The third-order valence-electron chi connectivity index (χ3n) is 2.56. The molecule has 0 aliphatic heterocycles. The van der Waals surface area contributed by atoms with E-state index in [-0.39, 0.29) is 0 Å². The molecule has 0 bridgehead atoms. The van der Waals surface area contributed by atoms with E-state index in [1.165, 1.54) is 5.56 Å². The zero-order chi connectivity index (χ0) is 10.6. The Bertz CT molecular complexity index is 281. The fourth-order valence-electron chi connectivity index (χ4n) is 1.22. The molecule has 0 fully saturated rings. The molecular weight excluding hydrogens is 172 g/mol. The van der Waals surface area contributed by atoms with Crippen LogP contribution in [0.1, 0.15) is 26.3 Å². The standard InChI is InChI=1S/C12H20N2/c1-9(2)10(3)14-12-6-4-5-11(7-12)8-13/h4-7,9-10,14H,8,13H2,1-3H3. The molecule has 0 aliphatic rings. The van der Waals surface area contributed by atoms with Gasteiger partial charge in [0.05, 0.1) is 0 Å². The van der Waals surface area contributed by atoms with Crippen LogP contribution in [-0.4, -0.2) is 6.04 Å². The molecule has 0 spiro atoms. The van der Waals surface area contributed by atoms with Crippen LogP contribution in [0.2, 0.25) is 0 Å². The average Bonchev–Trinajstić information content (AvgIpc) is 2.18. The predicted molar refractivity (Wildman–Crippen MR) is 62.3 cm³/mol. The fraction of sp³-hybridized carbons (Fsp3) is 0.500. The molecule has 1 aromatic carbocycles. The minimum atomic E-state index is 0.489.